The number of hydrogen-bond acceptors (Lipinski definition) is 1. The normalized spacial score (nSPS) is 17.3. The largest absolute Gasteiger partial charge is 0.344 e. The molecule has 16 heavy (non-hydrogen) atoms. The second-order valence-electron chi connectivity index (χ2n) is 4.06. The lowest BCUT2D eigenvalue weighted by molar-refractivity contribution is -0.651. The van der Waals surface area contributed by atoms with Gasteiger partial charge in [-0.3, -0.25) is 4.79 Å². The van der Waals surface area contributed by atoms with E-state index in [1.165, 1.54) is 12.1 Å². The molecular formula is C12H16FN2O+. The fourth-order valence-electron chi connectivity index (χ4n) is 1.92. The summed E-state index contributed by atoms with van der Waals surface area (Å²) < 4.78 is 13.0. The topological polar surface area (TPSA) is 36.9 Å². The molecule has 0 radical (unpaired) electrons. The van der Waals surface area contributed by atoms with Crippen molar-refractivity contribution in [1.82, 2.24) is 4.90 Å². The molecule has 1 heterocycles. The SMILES string of the molecule is O=C1CC[NH2+]CCN1Cc1cccc(F)c1. The first-order valence-corrected chi connectivity index (χ1v) is 5.59. The zero-order valence-corrected chi connectivity index (χ0v) is 9.16. The van der Waals surface area contributed by atoms with Crippen LogP contribution in [0.2, 0.25) is 0 Å². The second-order valence-corrected chi connectivity index (χ2v) is 4.06. The fraction of sp³-hybridized carbons (Fsp3) is 0.417. The summed E-state index contributed by atoms with van der Waals surface area (Å²) in [5.41, 5.74) is 0.857. The van der Waals surface area contributed by atoms with Gasteiger partial charge in [0.2, 0.25) is 5.91 Å². The van der Waals surface area contributed by atoms with E-state index >= 15 is 0 Å². The van der Waals surface area contributed by atoms with E-state index in [2.05, 4.69) is 5.32 Å². The van der Waals surface area contributed by atoms with Crippen LogP contribution in [-0.2, 0) is 11.3 Å². The van der Waals surface area contributed by atoms with Gasteiger partial charge in [-0.1, -0.05) is 12.1 Å². The highest BCUT2D eigenvalue weighted by molar-refractivity contribution is 5.76. The number of benzene rings is 1. The first kappa shape index (κ1) is 11.1. The minimum absolute atomic E-state index is 0.165. The second kappa shape index (κ2) is 5.07. The Morgan fingerprint density at radius 1 is 1.38 bits per heavy atom. The van der Waals surface area contributed by atoms with Crippen molar-refractivity contribution in [1.29, 1.82) is 0 Å². The summed E-state index contributed by atoms with van der Waals surface area (Å²) in [5, 5.41) is 2.14. The Labute approximate surface area is 94.3 Å². The third-order valence-electron chi connectivity index (χ3n) is 2.78. The highest BCUT2D eigenvalue weighted by atomic mass is 19.1. The number of quaternary nitrogens is 1. The number of rotatable bonds is 2. The zero-order valence-electron chi connectivity index (χ0n) is 9.16. The van der Waals surface area contributed by atoms with E-state index in [0.717, 1.165) is 25.2 Å². The molecule has 2 rings (SSSR count). The number of nitrogens with zero attached hydrogens (tertiary/aromatic N) is 1. The predicted molar refractivity (Wildman–Crippen MR) is 58.1 cm³/mol. The van der Waals surface area contributed by atoms with E-state index in [0.29, 0.717) is 13.0 Å². The van der Waals surface area contributed by atoms with Gasteiger partial charge in [-0.05, 0) is 17.7 Å². The summed E-state index contributed by atoms with van der Waals surface area (Å²) in [7, 11) is 0. The summed E-state index contributed by atoms with van der Waals surface area (Å²) in [6, 6.07) is 6.44. The molecule has 1 amide bonds. The lowest BCUT2D eigenvalue weighted by atomic mass is 10.2. The van der Waals surface area contributed by atoms with Gasteiger partial charge in [0.15, 0.2) is 0 Å². The summed E-state index contributed by atoms with van der Waals surface area (Å²) in [5.74, 6) is -0.0793. The quantitative estimate of drug-likeness (QED) is 0.759. The van der Waals surface area contributed by atoms with Crippen molar-refractivity contribution in [3.63, 3.8) is 0 Å². The standard InChI is InChI=1S/C12H15FN2O/c13-11-3-1-2-10(8-11)9-15-7-6-14-5-4-12(15)16/h1-3,8,14H,4-7,9H2/p+1. The molecule has 86 valence electrons. The van der Waals surface area contributed by atoms with Crippen LogP contribution in [0.4, 0.5) is 4.39 Å². The molecule has 1 aromatic rings. The van der Waals surface area contributed by atoms with Crippen molar-refractivity contribution in [2.24, 2.45) is 0 Å². The molecule has 0 bridgehead atoms. The molecule has 1 aliphatic heterocycles. The lowest BCUT2D eigenvalue weighted by Crippen LogP contribution is -2.84. The molecule has 1 fully saturated rings. The Morgan fingerprint density at radius 3 is 3.06 bits per heavy atom. The van der Waals surface area contributed by atoms with E-state index in [1.54, 1.807) is 11.0 Å². The van der Waals surface area contributed by atoms with Crippen molar-refractivity contribution in [2.75, 3.05) is 19.6 Å². The predicted octanol–water partition coefficient (Wildman–Crippen LogP) is 0.121. The number of hydrogen-bond donors (Lipinski definition) is 1. The number of carbonyl (C=O) groups is 1. The van der Waals surface area contributed by atoms with E-state index in [1.807, 2.05) is 6.07 Å². The maximum absolute atomic E-state index is 13.0. The first-order chi connectivity index (χ1) is 7.75. The van der Waals surface area contributed by atoms with Crippen LogP contribution in [0.15, 0.2) is 24.3 Å². The maximum Gasteiger partial charge on any atom is 0.228 e. The van der Waals surface area contributed by atoms with Gasteiger partial charge in [-0.25, -0.2) is 4.39 Å². The van der Waals surface area contributed by atoms with Crippen molar-refractivity contribution in [2.45, 2.75) is 13.0 Å². The minimum Gasteiger partial charge on any atom is -0.344 e. The third kappa shape index (κ3) is 2.79. The summed E-state index contributed by atoms with van der Waals surface area (Å²) in [6.45, 7) is 3.05. The van der Waals surface area contributed by atoms with E-state index in [4.69, 9.17) is 0 Å². The van der Waals surface area contributed by atoms with Crippen molar-refractivity contribution >= 4 is 5.91 Å². The van der Waals surface area contributed by atoms with Gasteiger partial charge in [-0.15, -0.1) is 0 Å². The number of carbonyl (C=O) groups excluding carboxylic acids is 1. The molecular weight excluding hydrogens is 207 g/mol. The maximum atomic E-state index is 13.0. The average molecular weight is 223 g/mol. The van der Waals surface area contributed by atoms with Crippen molar-refractivity contribution in [3.8, 4) is 0 Å². The van der Waals surface area contributed by atoms with Crippen molar-refractivity contribution in [3.05, 3.63) is 35.6 Å². The molecule has 0 spiro atoms. The molecule has 0 unspecified atom stereocenters. The molecule has 0 saturated carbocycles. The molecule has 4 heteroatoms. The summed E-state index contributed by atoms with van der Waals surface area (Å²) >= 11 is 0. The molecule has 0 aromatic heterocycles. The van der Waals surface area contributed by atoms with Crippen LogP contribution < -0.4 is 5.32 Å². The Morgan fingerprint density at radius 2 is 2.25 bits per heavy atom. The van der Waals surface area contributed by atoms with Crippen LogP contribution >= 0.6 is 0 Å². The van der Waals surface area contributed by atoms with Crippen molar-refractivity contribution < 1.29 is 14.5 Å². The summed E-state index contributed by atoms with van der Waals surface area (Å²) in [4.78, 5) is 13.5. The van der Waals surface area contributed by atoms with Gasteiger partial charge in [0.25, 0.3) is 0 Å². The Balaban J connectivity index is 2.05. The minimum atomic E-state index is -0.244. The van der Waals surface area contributed by atoms with Gasteiger partial charge in [-0.2, -0.15) is 0 Å². The molecule has 3 nitrogen and oxygen atoms in total. The fourth-order valence-corrected chi connectivity index (χ4v) is 1.92. The van der Waals surface area contributed by atoms with E-state index < -0.39 is 0 Å². The number of nitrogens with two attached hydrogens (primary N) is 1. The third-order valence-corrected chi connectivity index (χ3v) is 2.78. The molecule has 1 saturated heterocycles. The first-order valence-electron chi connectivity index (χ1n) is 5.59. The average Bonchev–Trinajstić information content (AvgIpc) is 2.45. The van der Waals surface area contributed by atoms with Crippen LogP contribution in [0.3, 0.4) is 0 Å². The smallest absolute Gasteiger partial charge is 0.228 e. The van der Waals surface area contributed by atoms with Gasteiger partial charge in [0.05, 0.1) is 26.1 Å². The van der Waals surface area contributed by atoms with Crippen LogP contribution in [0.5, 0.6) is 0 Å². The van der Waals surface area contributed by atoms with Crippen LogP contribution in [-0.4, -0.2) is 30.4 Å². The monoisotopic (exact) mass is 223 g/mol. The Bertz CT molecular complexity index is 381. The van der Waals surface area contributed by atoms with E-state index in [9.17, 15) is 9.18 Å². The molecule has 0 aliphatic carbocycles. The van der Waals surface area contributed by atoms with Gasteiger partial charge < -0.3 is 10.2 Å². The molecule has 2 N–H and O–H groups in total. The molecule has 1 aliphatic rings. The van der Waals surface area contributed by atoms with Crippen LogP contribution in [0.25, 0.3) is 0 Å². The van der Waals surface area contributed by atoms with Gasteiger partial charge in [0, 0.05) is 6.54 Å². The van der Waals surface area contributed by atoms with E-state index in [-0.39, 0.29) is 11.7 Å². The Kier molecular flexibility index (Phi) is 3.51. The lowest BCUT2D eigenvalue weighted by Gasteiger charge is -2.19. The molecule has 1 aromatic carbocycles. The molecule has 0 atom stereocenters. The van der Waals surface area contributed by atoms with Crippen LogP contribution in [0, 0.1) is 5.82 Å². The highest BCUT2D eigenvalue weighted by Gasteiger charge is 2.18. The Hall–Kier alpha value is -1.42. The van der Waals surface area contributed by atoms with Gasteiger partial charge >= 0.3 is 0 Å². The zero-order chi connectivity index (χ0) is 11.4. The number of amides is 1. The van der Waals surface area contributed by atoms with Gasteiger partial charge in [0.1, 0.15) is 5.82 Å². The van der Waals surface area contributed by atoms with Crippen LogP contribution in [0.1, 0.15) is 12.0 Å². The summed E-state index contributed by atoms with van der Waals surface area (Å²) in [6.07, 6.45) is 0.579. The number of halogens is 1. The highest BCUT2D eigenvalue weighted by Crippen LogP contribution is 2.08.